The number of hydrogen-bond acceptors (Lipinski definition) is 3. The standard InChI is InChI=1S/C15H22ClN3O/c1-11(13-6-2-3-7-14(13)16)18-15(20)10-19-8-4-5-12(17)9-19/h2-3,6-7,11-12H,4-5,8-10,17H2,1H3,(H,18,20). The zero-order valence-electron chi connectivity index (χ0n) is 11.8. The quantitative estimate of drug-likeness (QED) is 0.892. The van der Waals surface area contributed by atoms with Crippen molar-refractivity contribution in [2.24, 2.45) is 5.73 Å². The first kappa shape index (κ1) is 15.3. The summed E-state index contributed by atoms with van der Waals surface area (Å²) >= 11 is 6.14. The van der Waals surface area contributed by atoms with Crippen molar-refractivity contribution in [2.75, 3.05) is 19.6 Å². The summed E-state index contributed by atoms with van der Waals surface area (Å²) in [6.45, 7) is 4.10. The maximum Gasteiger partial charge on any atom is 0.234 e. The Morgan fingerprint density at radius 1 is 1.55 bits per heavy atom. The molecule has 0 saturated carbocycles. The Balaban J connectivity index is 1.86. The van der Waals surface area contributed by atoms with E-state index in [2.05, 4.69) is 10.2 Å². The van der Waals surface area contributed by atoms with Crippen LogP contribution in [0.25, 0.3) is 0 Å². The van der Waals surface area contributed by atoms with Crippen LogP contribution in [0.2, 0.25) is 5.02 Å². The van der Waals surface area contributed by atoms with Crippen LogP contribution >= 0.6 is 11.6 Å². The molecule has 5 heteroatoms. The summed E-state index contributed by atoms with van der Waals surface area (Å²) in [6.07, 6.45) is 2.11. The molecule has 1 aliphatic rings. The minimum absolute atomic E-state index is 0.0199. The van der Waals surface area contributed by atoms with E-state index in [-0.39, 0.29) is 18.0 Å². The number of carbonyl (C=O) groups excluding carboxylic acids is 1. The summed E-state index contributed by atoms with van der Waals surface area (Å²) in [6, 6.07) is 7.68. The molecule has 110 valence electrons. The average Bonchev–Trinajstić information content (AvgIpc) is 2.38. The zero-order valence-corrected chi connectivity index (χ0v) is 12.6. The zero-order chi connectivity index (χ0) is 14.5. The number of carbonyl (C=O) groups is 1. The Kier molecular flexibility index (Phi) is 5.40. The third kappa shape index (κ3) is 4.20. The molecule has 0 spiro atoms. The van der Waals surface area contributed by atoms with Gasteiger partial charge in [-0.1, -0.05) is 29.8 Å². The largest absolute Gasteiger partial charge is 0.348 e. The van der Waals surface area contributed by atoms with Crippen LogP contribution in [0.3, 0.4) is 0 Å². The maximum atomic E-state index is 12.1. The third-order valence-corrected chi connectivity index (χ3v) is 4.00. The molecule has 2 unspecified atom stereocenters. The highest BCUT2D eigenvalue weighted by molar-refractivity contribution is 6.31. The fraction of sp³-hybridized carbons (Fsp3) is 0.533. The number of halogens is 1. The molecule has 20 heavy (non-hydrogen) atoms. The Morgan fingerprint density at radius 3 is 3.00 bits per heavy atom. The van der Waals surface area contributed by atoms with Gasteiger partial charge in [0.2, 0.25) is 5.91 Å². The van der Waals surface area contributed by atoms with Crippen molar-refractivity contribution in [2.45, 2.75) is 31.8 Å². The number of nitrogens with one attached hydrogen (secondary N) is 1. The van der Waals surface area contributed by atoms with Crippen molar-refractivity contribution in [3.63, 3.8) is 0 Å². The van der Waals surface area contributed by atoms with Gasteiger partial charge in [-0.15, -0.1) is 0 Å². The fourth-order valence-electron chi connectivity index (χ4n) is 2.63. The Morgan fingerprint density at radius 2 is 2.30 bits per heavy atom. The van der Waals surface area contributed by atoms with Crippen molar-refractivity contribution < 1.29 is 4.79 Å². The Labute approximate surface area is 125 Å². The van der Waals surface area contributed by atoms with Crippen molar-refractivity contribution >= 4 is 17.5 Å². The Bertz CT molecular complexity index is 466. The minimum atomic E-state index is -0.0883. The van der Waals surface area contributed by atoms with Gasteiger partial charge >= 0.3 is 0 Å². The number of nitrogens with two attached hydrogens (primary N) is 1. The summed E-state index contributed by atoms with van der Waals surface area (Å²) < 4.78 is 0. The summed E-state index contributed by atoms with van der Waals surface area (Å²) in [7, 11) is 0. The van der Waals surface area contributed by atoms with Gasteiger partial charge in [0, 0.05) is 17.6 Å². The highest BCUT2D eigenvalue weighted by Crippen LogP contribution is 2.22. The molecule has 1 heterocycles. The molecule has 4 nitrogen and oxygen atoms in total. The first-order valence-electron chi connectivity index (χ1n) is 7.08. The number of amides is 1. The van der Waals surface area contributed by atoms with Crippen LogP contribution in [0, 0.1) is 0 Å². The lowest BCUT2D eigenvalue weighted by atomic mass is 10.1. The monoisotopic (exact) mass is 295 g/mol. The van der Waals surface area contributed by atoms with Crippen LogP contribution < -0.4 is 11.1 Å². The van der Waals surface area contributed by atoms with Gasteiger partial charge in [0.15, 0.2) is 0 Å². The van der Waals surface area contributed by atoms with Gasteiger partial charge in [-0.05, 0) is 37.9 Å². The molecule has 1 fully saturated rings. The van der Waals surface area contributed by atoms with Gasteiger partial charge in [0.05, 0.1) is 12.6 Å². The van der Waals surface area contributed by atoms with Crippen molar-refractivity contribution in [1.82, 2.24) is 10.2 Å². The number of rotatable bonds is 4. The highest BCUT2D eigenvalue weighted by Gasteiger charge is 2.20. The molecule has 2 rings (SSSR count). The second kappa shape index (κ2) is 7.07. The van der Waals surface area contributed by atoms with E-state index in [0.29, 0.717) is 11.6 Å². The predicted molar refractivity (Wildman–Crippen MR) is 81.7 cm³/mol. The molecule has 2 atom stereocenters. The second-order valence-electron chi connectivity index (χ2n) is 5.45. The van der Waals surface area contributed by atoms with Crippen LogP contribution in [0.1, 0.15) is 31.4 Å². The Hall–Kier alpha value is -1.10. The van der Waals surface area contributed by atoms with Gasteiger partial charge < -0.3 is 11.1 Å². The molecule has 0 aliphatic carbocycles. The lowest BCUT2D eigenvalue weighted by Gasteiger charge is -2.30. The van der Waals surface area contributed by atoms with Crippen LogP contribution in [0.5, 0.6) is 0 Å². The van der Waals surface area contributed by atoms with E-state index < -0.39 is 0 Å². The van der Waals surface area contributed by atoms with E-state index >= 15 is 0 Å². The van der Waals surface area contributed by atoms with Gasteiger partial charge in [0.25, 0.3) is 0 Å². The van der Waals surface area contributed by atoms with E-state index in [0.717, 1.165) is 31.5 Å². The number of likely N-dealkylation sites (tertiary alicyclic amines) is 1. The number of piperidine rings is 1. The predicted octanol–water partition coefficient (Wildman–Crippen LogP) is 1.94. The van der Waals surface area contributed by atoms with E-state index in [1.54, 1.807) is 0 Å². The van der Waals surface area contributed by atoms with Gasteiger partial charge in [-0.3, -0.25) is 9.69 Å². The summed E-state index contributed by atoms with van der Waals surface area (Å²) in [4.78, 5) is 14.2. The van der Waals surface area contributed by atoms with Crippen molar-refractivity contribution in [3.05, 3.63) is 34.9 Å². The number of benzene rings is 1. The van der Waals surface area contributed by atoms with Crippen molar-refractivity contribution in [3.8, 4) is 0 Å². The minimum Gasteiger partial charge on any atom is -0.348 e. The molecule has 1 amide bonds. The summed E-state index contributed by atoms with van der Waals surface area (Å²) in [5.74, 6) is 0.0199. The summed E-state index contributed by atoms with van der Waals surface area (Å²) in [5.41, 5.74) is 6.86. The molecular formula is C15H22ClN3O. The van der Waals surface area contributed by atoms with Crippen molar-refractivity contribution in [1.29, 1.82) is 0 Å². The second-order valence-corrected chi connectivity index (χ2v) is 5.86. The number of hydrogen-bond donors (Lipinski definition) is 2. The lowest BCUT2D eigenvalue weighted by Crippen LogP contribution is -2.47. The average molecular weight is 296 g/mol. The topological polar surface area (TPSA) is 58.4 Å². The first-order valence-corrected chi connectivity index (χ1v) is 7.46. The van der Waals surface area contributed by atoms with E-state index in [9.17, 15) is 4.79 Å². The van der Waals surface area contributed by atoms with Gasteiger partial charge in [0.1, 0.15) is 0 Å². The fourth-order valence-corrected chi connectivity index (χ4v) is 2.93. The van der Waals surface area contributed by atoms with E-state index in [1.807, 2.05) is 31.2 Å². The molecule has 0 bridgehead atoms. The molecule has 1 saturated heterocycles. The van der Waals surface area contributed by atoms with E-state index in [1.165, 1.54) is 0 Å². The first-order chi connectivity index (χ1) is 9.56. The van der Waals surface area contributed by atoms with Crippen LogP contribution in [-0.2, 0) is 4.79 Å². The van der Waals surface area contributed by atoms with Crippen LogP contribution in [0.15, 0.2) is 24.3 Å². The van der Waals surface area contributed by atoms with Crippen LogP contribution in [-0.4, -0.2) is 36.5 Å². The smallest absolute Gasteiger partial charge is 0.234 e. The molecule has 3 N–H and O–H groups in total. The highest BCUT2D eigenvalue weighted by atomic mass is 35.5. The van der Waals surface area contributed by atoms with E-state index in [4.69, 9.17) is 17.3 Å². The molecular weight excluding hydrogens is 274 g/mol. The molecule has 1 aliphatic heterocycles. The number of nitrogens with zero attached hydrogens (tertiary/aromatic N) is 1. The molecule has 0 aromatic heterocycles. The maximum absolute atomic E-state index is 12.1. The van der Waals surface area contributed by atoms with Crippen LogP contribution in [0.4, 0.5) is 0 Å². The summed E-state index contributed by atoms with van der Waals surface area (Å²) in [5, 5.41) is 3.67. The van der Waals surface area contributed by atoms with Gasteiger partial charge in [-0.2, -0.15) is 0 Å². The SMILES string of the molecule is CC(NC(=O)CN1CCCC(N)C1)c1ccccc1Cl. The third-order valence-electron chi connectivity index (χ3n) is 3.66. The normalized spacial score (nSPS) is 21.4. The molecule has 0 radical (unpaired) electrons. The lowest BCUT2D eigenvalue weighted by molar-refractivity contribution is -0.123. The van der Waals surface area contributed by atoms with Gasteiger partial charge in [-0.25, -0.2) is 0 Å². The molecule has 1 aromatic rings. The molecule has 1 aromatic carbocycles.